The summed E-state index contributed by atoms with van der Waals surface area (Å²) in [6, 6.07) is 8.90. The Morgan fingerprint density at radius 2 is 2.00 bits per heavy atom. The van der Waals surface area contributed by atoms with Crippen molar-refractivity contribution < 1.29 is 8.42 Å². The molecule has 1 heterocycles. The number of pyridine rings is 1. The lowest BCUT2D eigenvalue weighted by atomic mass is 10.1. The van der Waals surface area contributed by atoms with Crippen LogP contribution in [0.4, 0.5) is 5.69 Å². The van der Waals surface area contributed by atoms with Crippen LogP contribution in [0.3, 0.4) is 0 Å². The summed E-state index contributed by atoms with van der Waals surface area (Å²) in [7, 11) is -3.45. The van der Waals surface area contributed by atoms with Crippen molar-refractivity contribution in [2.45, 2.75) is 19.2 Å². The first-order chi connectivity index (χ1) is 9.50. The highest BCUT2D eigenvalue weighted by Gasteiger charge is 2.13. The maximum atomic E-state index is 12.2. The number of hydrogen-bond donors (Lipinski definition) is 2. The lowest BCUT2D eigenvalue weighted by Gasteiger charge is -2.10. The van der Waals surface area contributed by atoms with Gasteiger partial charge in [-0.1, -0.05) is 24.3 Å². The van der Waals surface area contributed by atoms with Crippen molar-refractivity contribution in [1.82, 2.24) is 4.98 Å². The molecule has 0 atom stereocenters. The molecule has 2 aromatic rings. The third-order valence-electron chi connectivity index (χ3n) is 2.87. The van der Waals surface area contributed by atoms with E-state index in [1.807, 2.05) is 12.1 Å². The van der Waals surface area contributed by atoms with Crippen molar-refractivity contribution in [3.8, 4) is 0 Å². The van der Waals surface area contributed by atoms with Crippen LogP contribution < -0.4 is 10.5 Å². The van der Waals surface area contributed by atoms with E-state index in [9.17, 15) is 8.42 Å². The molecule has 6 heteroatoms. The lowest BCUT2D eigenvalue weighted by Crippen LogP contribution is -2.16. The van der Waals surface area contributed by atoms with Crippen LogP contribution >= 0.6 is 0 Å². The Bertz CT molecular complexity index is 699. The molecule has 1 aromatic heterocycles. The molecule has 0 spiro atoms. The monoisotopic (exact) mass is 291 g/mol. The van der Waals surface area contributed by atoms with Crippen molar-refractivity contribution in [2.75, 3.05) is 4.72 Å². The Morgan fingerprint density at radius 1 is 1.25 bits per heavy atom. The van der Waals surface area contributed by atoms with Crippen LogP contribution in [-0.2, 0) is 22.3 Å². The highest BCUT2D eigenvalue weighted by atomic mass is 32.2. The highest BCUT2D eigenvalue weighted by Crippen LogP contribution is 2.16. The molecule has 20 heavy (non-hydrogen) atoms. The number of aromatic nitrogens is 1. The zero-order valence-electron chi connectivity index (χ0n) is 11.2. The van der Waals surface area contributed by atoms with Gasteiger partial charge >= 0.3 is 0 Å². The molecule has 0 saturated carbocycles. The second-order valence-electron chi connectivity index (χ2n) is 4.58. The standard InChI is InChI=1S/C14H17N3O2S/c1-11-9-16-6-5-14(11)17-20(18,19)10-13-4-2-3-12(7-13)8-15/h2-7,9H,8,10,15H2,1H3,(H,16,17). The lowest BCUT2D eigenvalue weighted by molar-refractivity contribution is 0.600. The SMILES string of the molecule is Cc1cnccc1NS(=O)(=O)Cc1cccc(CN)c1. The second kappa shape index (κ2) is 6.02. The highest BCUT2D eigenvalue weighted by molar-refractivity contribution is 7.91. The molecule has 1 aromatic carbocycles. The molecular weight excluding hydrogens is 274 g/mol. The van der Waals surface area contributed by atoms with E-state index in [2.05, 4.69) is 9.71 Å². The van der Waals surface area contributed by atoms with Crippen LogP contribution in [0, 0.1) is 6.92 Å². The average molecular weight is 291 g/mol. The van der Waals surface area contributed by atoms with Gasteiger partial charge in [0.15, 0.2) is 0 Å². The van der Waals surface area contributed by atoms with Gasteiger partial charge in [-0.25, -0.2) is 8.42 Å². The van der Waals surface area contributed by atoms with E-state index in [1.165, 1.54) is 0 Å². The Hall–Kier alpha value is -1.92. The molecular formula is C14H17N3O2S. The van der Waals surface area contributed by atoms with Gasteiger partial charge in [0.25, 0.3) is 0 Å². The van der Waals surface area contributed by atoms with Gasteiger partial charge < -0.3 is 5.73 Å². The zero-order valence-corrected chi connectivity index (χ0v) is 12.0. The molecule has 0 amide bonds. The molecule has 106 valence electrons. The molecule has 2 rings (SSSR count). The van der Waals surface area contributed by atoms with Crippen LogP contribution in [-0.4, -0.2) is 13.4 Å². The summed E-state index contributed by atoms with van der Waals surface area (Å²) >= 11 is 0. The molecule has 5 nitrogen and oxygen atoms in total. The quantitative estimate of drug-likeness (QED) is 0.879. The van der Waals surface area contributed by atoms with Crippen molar-refractivity contribution in [2.24, 2.45) is 5.73 Å². The van der Waals surface area contributed by atoms with Crippen LogP contribution in [0.2, 0.25) is 0 Å². The van der Waals surface area contributed by atoms with Gasteiger partial charge in [-0.2, -0.15) is 0 Å². The van der Waals surface area contributed by atoms with E-state index in [0.717, 1.165) is 11.1 Å². The smallest absolute Gasteiger partial charge is 0.236 e. The summed E-state index contributed by atoms with van der Waals surface area (Å²) < 4.78 is 26.9. The first-order valence-corrected chi connectivity index (χ1v) is 7.84. The molecule has 0 bridgehead atoms. The molecule has 0 aliphatic heterocycles. The van der Waals surface area contributed by atoms with E-state index in [0.29, 0.717) is 17.8 Å². The number of nitrogens with one attached hydrogen (secondary N) is 1. The average Bonchev–Trinajstić information content (AvgIpc) is 2.41. The van der Waals surface area contributed by atoms with Crippen molar-refractivity contribution in [1.29, 1.82) is 0 Å². The summed E-state index contributed by atoms with van der Waals surface area (Å²) in [6.07, 6.45) is 3.17. The summed E-state index contributed by atoms with van der Waals surface area (Å²) in [5.41, 5.74) is 8.52. The molecule has 0 aliphatic rings. The number of hydrogen-bond acceptors (Lipinski definition) is 4. The topological polar surface area (TPSA) is 85.1 Å². The van der Waals surface area contributed by atoms with E-state index < -0.39 is 10.0 Å². The largest absolute Gasteiger partial charge is 0.326 e. The number of rotatable bonds is 5. The molecule has 0 unspecified atom stereocenters. The fourth-order valence-corrected chi connectivity index (χ4v) is 3.11. The van der Waals surface area contributed by atoms with Gasteiger partial charge in [0.2, 0.25) is 10.0 Å². The van der Waals surface area contributed by atoms with Crippen LogP contribution in [0.25, 0.3) is 0 Å². The number of aryl methyl sites for hydroxylation is 1. The predicted octanol–water partition coefficient (Wildman–Crippen LogP) is 1.79. The number of benzene rings is 1. The zero-order chi connectivity index (χ0) is 14.6. The third kappa shape index (κ3) is 3.79. The minimum Gasteiger partial charge on any atom is -0.326 e. The van der Waals surface area contributed by atoms with Gasteiger partial charge in [-0.15, -0.1) is 0 Å². The van der Waals surface area contributed by atoms with E-state index in [4.69, 9.17) is 5.73 Å². The van der Waals surface area contributed by atoms with Gasteiger partial charge in [-0.3, -0.25) is 9.71 Å². The summed E-state index contributed by atoms with van der Waals surface area (Å²) in [5, 5.41) is 0. The van der Waals surface area contributed by atoms with Crippen molar-refractivity contribution in [3.63, 3.8) is 0 Å². The number of nitrogens with two attached hydrogens (primary N) is 1. The number of sulfonamides is 1. The van der Waals surface area contributed by atoms with E-state index in [-0.39, 0.29) is 5.75 Å². The summed E-state index contributed by atoms with van der Waals surface area (Å²) in [6.45, 7) is 2.20. The fourth-order valence-electron chi connectivity index (χ4n) is 1.86. The molecule has 0 aliphatic carbocycles. The summed E-state index contributed by atoms with van der Waals surface area (Å²) in [4.78, 5) is 3.93. The normalized spacial score (nSPS) is 11.3. The maximum absolute atomic E-state index is 12.2. The molecule has 0 fully saturated rings. The second-order valence-corrected chi connectivity index (χ2v) is 6.30. The molecule has 3 N–H and O–H groups in total. The van der Waals surface area contributed by atoms with Gasteiger partial charge in [0.05, 0.1) is 11.4 Å². The van der Waals surface area contributed by atoms with Crippen LogP contribution in [0.15, 0.2) is 42.7 Å². The number of anilines is 1. The fraction of sp³-hybridized carbons (Fsp3) is 0.214. The Balaban J connectivity index is 2.17. The van der Waals surface area contributed by atoms with Crippen molar-refractivity contribution in [3.05, 3.63) is 59.4 Å². The van der Waals surface area contributed by atoms with Gasteiger partial charge in [-0.05, 0) is 29.7 Å². The van der Waals surface area contributed by atoms with Crippen LogP contribution in [0.1, 0.15) is 16.7 Å². The van der Waals surface area contributed by atoms with E-state index in [1.54, 1.807) is 37.5 Å². The van der Waals surface area contributed by atoms with E-state index >= 15 is 0 Å². The minimum absolute atomic E-state index is 0.0808. The van der Waals surface area contributed by atoms with Gasteiger partial charge in [0.1, 0.15) is 0 Å². The maximum Gasteiger partial charge on any atom is 0.236 e. The third-order valence-corrected chi connectivity index (χ3v) is 4.11. The first-order valence-electron chi connectivity index (χ1n) is 6.19. The van der Waals surface area contributed by atoms with Gasteiger partial charge in [0, 0.05) is 18.9 Å². The molecule has 0 radical (unpaired) electrons. The Morgan fingerprint density at radius 3 is 2.70 bits per heavy atom. The van der Waals surface area contributed by atoms with Crippen molar-refractivity contribution >= 4 is 15.7 Å². The molecule has 0 saturated heterocycles. The summed E-state index contributed by atoms with van der Waals surface area (Å²) in [5.74, 6) is -0.0808. The Kier molecular flexibility index (Phi) is 4.36. The predicted molar refractivity (Wildman–Crippen MR) is 79.6 cm³/mol. The first kappa shape index (κ1) is 14.5. The Labute approximate surface area is 118 Å². The van der Waals surface area contributed by atoms with Crippen LogP contribution in [0.5, 0.6) is 0 Å². The minimum atomic E-state index is -3.45. The number of nitrogens with zero attached hydrogens (tertiary/aromatic N) is 1.